The van der Waals surface area contributed by atoms with E-state index >= 15 is 0 Å². The maximum absolute atomic E-state index is 6.15. The molecule has 2 heterocycles. The second kappa shape index (κ2) is 5.00. The molecule has 0 spiro atoms. The molecule has 3 aromatic rings. The smallest absolute Gasteiger partial charge is 0.104 e. The second-order valence-electron chi connectivity index (χ2n) is 4.14. The zero-order valence-corrected chi connectivity index (χ0v) is 12.4. The molecule has 19 heavy (non-hydrogen) atoms. The van der Waals surface area contributed by atoms with E-state index in [1.54, 1.807) is 11.3 Å². The average molecular weight is 309 g/mol. The fourth-order valence-electron chi connectivity index (χ4n) is 1.95. The minimum Gasteiger partial charge on any atom is -0.267 e. The van der Waals surface area contributed by atoms with Crippen LogP contribution in [0.2, 0.25) is 10.0 Å². The van der Waals surface area contributed by atoms with E-state index in [0.717, 1.165) is 31.9 Å². The van der Waals surface area contributed by atoms with Crippen molar-refractivity contribution in [3.05, 3.63) is 51.8 Å². The molecule has 0 aliphatic heterocycles. The largest absolute Gasteiger partial charge is 0.267 e. The zero-order valence-electron chi connectivity index (χ0n) is 10.1. The molecular weight excluding hydrogens is 299 g/mol. The fourth-order valence-corrected chi connectivity index (χ4v) is 3.18. The number of hydrogen-bond acceptors (Lipinski definition) is 2. The molecule has 1 aromatic carbocycles. The van der Waals surface area contributed by atoms with Crippen molar-refractivity contribution in [3.63, 3.8) is 0 Å². The van der Waals surface area contributed by atoms with Gasteiger partial charge in [-0.3, -0.25) is 4.68 Å². The maximum atomic E-state index is 6.15. The van der Waals surface area contributed by atoms with Gasteiger partial charge in [-0.05, 0) is 35.2 Å². The summed E-state index contributed by atoms with van der Waals surface area (Å²) in [6.45, 7) is 0. The summed E-state index contributed by atoms with van der Waals surface area (Å²) in [4.78, 5) is 0.998. The van der Waals surface area contributed by atoms with Gasteiger partial charge in [-0.25, -0.2) is 0 Å². The van der Waals surface area contributed by atoms with Gasteiger partial charge in [0.15, 0.2) is 0 Å². The first-order chi connectivity index (χ1) is 9.15. The van der Waals surface area contributed by atoms with E-state index in [9.17, 15) is 0 Å². The van der Waals surface area contributed by atoms with Crippen LogP contribution in [0.3, 0.4) is 0 Å². The highest BCUT2D eigenvalue weighted by Crippen LogP contribution is 2.34. The third-order valence-corrected chi connectivity index (χ3v) is 4.49. The zero-order chi connectivity index (χ0) is 13.4. The van der Waals surface area contributed by atoms with Gasteiger partial charge in [-0.1, -0.05) is 35.3 Å². The number of benzene rings is 1. The Balaban J connectivity index is 2.07. The topological polar surface area (TPSA) is 17.8 Å². The molecule has 0 amide bonds. The summed E-state index contributed by atoms with van der Waals surface area (Å²) in [5.41, 5.74) is 3.02. The lowest BCUT2D eigenvalue weighted by Gasteiger charge is -2.00. The predicted octanol–water partition coefficient (Wildman–Crippen LogP) is 5.12. The molecule has 0 radical (unpaired) electrons. The molecular formula is C14H10Cl2N2S. The number of hydrogen-bond donors (Lipinski definition) is 0. The molecule has 0 aliphatic rings. The van der Waals surface area contributed by atoms with Crippen LogP contribution in [0.5, 0.6) is 0 Å². The van der Waals surface area contributed by atoms with Crippen LogP contribution in [0.15, 0.2) is 41.8 Å². The summed E-state index contributed by atoms with van der Waals surface area (Å²) in [6, 6.07) is 11.7. The van der Waals surface area contributed by atoms with Crippen molar-refractivity contribution < 1.29 is 0 Å². The lowest BCUT2D eigenvalue weighted by atomic mass is 10.1. The molecule has 0 aliphatic carbocycles. The number of halogens is 2. The van der Waals surface area contributed by atoms with Crippen LogP contribution in [-0.2, 0) is 7.05 Å². The second-order valence-corrected chi connectivity index (χ2v) is 5.90. The lowest BCUT2D eigenvalue weighted by Crippen LogP contribution is -1.93. The van der Waals surface area contributed by atoms with Gasteiger partial charge in [0.05, 0.1) is 15.6 Å². The first kappa shape index (κ1) is 12.7. The molecule has 0 N–H and O–H groups in total. The Morgan fingerprint density at radius 1 is 1.11 bits per heavy atom. The van der Waals surface area contributed by atoms with Crippen LogP contribution in [0, 0.1) is 0 Å². The third-order valence-electron chi connectivity index (χ3n) is 2.87. The fraction of sp³-hybridized carbons (Fsp3) is 0.0714. The van der Waals surface area contributed by atoms with Crippen molar-refractivity contribution >= 4 is 34.5 Å². The van der Waals surface area contributed by atoms with Crippen LogP contribution in [0.1, 0.15) is 0 Å². The van der Waals surface area contributed by atoms with Gasteiger partial charge in [-0.2, -0.15) is 5.10 Å². The monoisotopic (exact) mass is 308 g/mol. The summed E-state index contributed by atoms with van der Waals surface area (Å²) in [7, 11) is 1.93. The van der Waals surface area contributed by atoms with Gasteiger partial charge in [0, 0.05) is 12.1 Å². The Bertz CT molecular complexity index is 713. The van der Waals surface area contributed by atoms with Crippen LogP contribution in [0.25, 0.3) is 21.8 Å². The quantitative estimate of drug-likeness (QED) is 0.642. The number of aryl methyl sites for hydroxylation is 1. The Morgan fingerprint density at radius 3 is 2.47 bits per heavy atom. The first-order valence-electron chi connectivity index (χ1n) is 5.68. The summed E-state index contributed by atoms with van der Waals surface area (Å²) in [5, 5.41) is 7.96. The Kier molecular flexibility index (Phi) is 3.35. The van der Waals surface area contributed by atoms with E-state index in [-0.39, 0.29) is 0 Å². The minimum atomic E-state index is 0.729. The molecule has 0 atom stereocenters. The number of aromatic nitrogens is 2. The van der Waals surface area contributed by atoms with Crippen LogP contribution < -0.4 is 0 Å². The van der Waals surface area contributed by atoms with Crippen molar-refractivity contribution in [1.82, 2.24) is 9.78 Å². The van der Waals surface area contributed by atoms with Crippen molar-refractivity contribution in [2.45, 2.75) is 0 Å². The molecule has 5 heteroatoms. The summed E-state index contributed by atoms with van der Waals surface area (Å²) < 4.78 is 1.86. The SMILES string of the molecule is Cn1nc(-c2sccc2Cl)cc1-c1ccc(Cl)cc1. The van der Waals surface area contributed by atoms with Gasteiger partial charge in [0.2, 0.25) is 0 Å². The third kappa shape index (κ3) is 2.41. The van der Waals surface area contributed by atoms with Crippen molar-refractivity contribution in [3.8, 4) is 21.8 Å². The first-order valence-corrected chi connectivity index (χ1v) is 7.32. The number of nitrogens with zero attached hydrogens (tertiary/aromatic N) is 2. The summed E-state index contributed by atoms with van der Waals surface area (Å²) in [5.74, 6) is 0. The van der Waals surface area contributed by atoms with Gasteiger partial charge in [0.1, 0.15) is 5.69 Å². The van der Waals surface area contributed by atoms with Crippen molar-refractivity contribution in [2.24, 2.45) is 7.05 Å². The Labute approximate surface area is 125 Å². The van der Waals surface area contributed by atoms with Gasteiger partial charge in [0.25, 0.3) is 0 Å². The minimum absolute atomic E-state index is 0.729. The molecule has 0 saturated heterocycles. The number of rotatable bonds is 2. The maximum Gasteiger partial charge on any atom is 0.104 e. The predicted molar refractivity (Wildman–Crippen MR) is 82.0 cm³/mol. The van der Waals surface area contributed by atoms with E-state index in [1.165, 1.54) is 0 Å². The van der Waals surface area contributed by atoms with Crippen molar-refractivity contribution in [2.75, 3.05) is 0 Å². The van der Waals surface area contributed by atoms with Gasteiger partial charge in [-0.15, -0.1) is 11.3 Å². The number of thiophene rings is 1. The van der Waals surface area contributed by atoms with E-state index in [2.05, 4.69) is 5.10 Å². The van der Waals surface area contributed by atoms with Crippen LogP contribution in [0.4, 0.5) is 0 Å². The van der Waals surface area contributed by atoms with Gasteiger partial charge >= 0.3 is 0 Å². The highest BCUT2D eigenvalue weighted by atomic mass is 35.5. The van der Waals surface area contributed by atoms with E-state index < -0.39 is 0 Å². The summed E-state index contributed by atoms with van der Waals surface area (Å²) >= 11 is 13.6. The van der Waals surface area contributed by atoms with E-state index in [0.29, 0.717) is 0 Å². The Hall–Kier alpha value is -1.29. The molecule has 3 rings (SSSR count). The summed E-state index contributed by atoms with van der Waals surface area (Å²) in [6.07, 6.45) is 0. The van der Waals surface area contributed by atoms with E-state index in [1.807, 2.05) is 53.5 Å². The molecule has 2 aromatic heterocycles. The van der Waals surface area contributed by atoms with E-state index in [4.69, 9.17) is 23.2 Å². The van der Waals surface area contributed by atoms with Gasteiger partial charge < -0.3 is 0 Å². The van der Waals surface area contributed by atoms with Crippen LogP contribution in [-0.4, -0.2) is 9.78 Å². The molecule has 2 nitrogen and oxygen atoms in total. The van der Waals surface area contributed by atoms with Crippen LogP contribution >= 0.6 is 34.5 Å². The molecule has 0 saturated carbocycles. The average Bonchev–Trinajstić information content (AvgIpc) is 2.96. The molecule has 96 valence electrons. The molecule has 0 fully saturated rings. The molecule has 0 bridgehead atoms. The standard InChI is InChI=1S/C14H10Cl2N2S/c1-18-13(9-2-4-10(15)5-3-9)8-12(17-18)14-11(16)6-7-19-14/h2-8H,1H3. The Morgan fingerprint density at radius 2 is 1.84 bits per heavy atom. The van der Waals surface area contributed by atoms with Crippen molar-refractivity contribution in [1.29, 1.82) is 0 Å². The normalized spacial score (nSPS) is 10.9. The highest BCUT2D eigenvalue weighted by Gasteiger charge is 2.12. The highest BCUT2D eigenvalue weighted by molar-refractivity contribution is 7.14. The molecule has 0 unspecified atom stereocenters. The lowest BCUT2D eigenvalue weighted by molar-refractivity contribution is 0.779.